The van der Waals surface area contributed by atoms with Crippen molar-refractivity contribution in [1.29, 1.82) is 0 Å². The van der Waals surface area contributed by atoms with Crippen molar-refractivity contribution < 1.29 is 12.8 Å². The Morgan fingerprint density at radius 3 is 2.32 bits per heavy atom. The molecule has 0 saturated heterocycles. The van der Waals surface area contributed by atoms with Crippen LogP contribution >= 0.6 is 0 Å². The van der Waals surface area contributed by atoms with Gasteiger partial charge in [0.2, 0.25) is 10.0 Å². The largest absolute Gasteiger partial charge is 0.361 e. The molecule has 0 aliphatic heterocycles. The molecule has 0 spiro atoms. The Bertz CT molecular complexity index is 1230. The number of aromatic nitrogens is 1. The topological polar surface area (TPSA) is 62.0 Å². The van der Waals surface area contributed by atoms with Gasteiger partial charge in [-0.2, -0.15) is 4.72 Å². The second-order valence-electron chi connectivity index (χ2n) is 6.68. The maximum absolute atomic E-state index is 14.6. The number of nitrogens with one attached hydrogen (secondary N) is 2. The van der Waals surface area contributed by atoms with Gasteiger partial charge in [-0.25, -0.2) is 12.8 Å². The monoisotopic (exact) mass is 394 g/mol. The molecular weight excluding hydrogens is 375 g/mol. The molecule has 0 bridgehead atoms. The zero-order chi connectivity index (χ0) is 19.7. The third-order valence-corrected chi connectivity index (χ3v) is 6.19. The molecule has 4 aromatic rings. The van der Waals surface area contributed by atoms with Crippen molar-refractivity contribution in [3.8, 4) is 0 Å². The predicted octanol–water partition coefficient (Wildman–Crippen LogP) is 4.68. The lowest BCUT2D eigenvalue weighted by atomic mass is 9.99. The van der Waals surface area contributed by atoms with Gasteiger partial charge in [0.05, 0.1) is 10.9 Å². The summed E-state index contributed by atoms with van der Waals surface area (Å²) < 4.78 is 43.4. The van der Waals surface area contributed by atoms with E-state index in [2.05, 4.69) is 9.71 Å². The Balaban J connectivity index is 1.84. The van der Waals surface area contributed by atoms with Gasteiger partial charge in [-0.3, -0.25) is 0 Å². The van der Waals surface area contributed by atoms with Crippen LogP contribution in [0.25, 0.3) is 10.9 Å². The molecule has 1 atom stereocenters. The molecule has 4 nitrogen and oxygen atoms in total. The van der Waals surface area contributed by atoms with Crippen LogP contribution in [0.1, 0.15) is 22.7 Å². The first-order valence-corrected chi connectivity index (χ1v) is 10.3. The molecule has 2 N–H and O–H groups in total. The number of H-pyrrole nitrogens is 1. The van der Waals surface area contributed by atoms with E-state index in [0.29, 0.717) is 5.56 Å². The summed E-state index contributed by atoms with van der Waals surface area (Å²) in [5, 5.41) is 0.836. The van der Waals surface area contributed by atoms with Gasteiger partial charge in [0.25, 0.3) is 0 Å². The van der Waals surface area contributed by atoms with Crippen molar-refractivity contribution in [3.63, 3.8) is 0 Å². The molecule has 142 valence electrons. The summed E-state index contributed by atoms with van der Waals surface area (Å²) in [7, 11) is -3.87. The van der Waals surface area contributed by atoms with Crippen molar-refractivity contribution in [2.45, 2.75) is 17.9 Å². The highest BCUT2D eigenvalue weighted by Gasteiger charge is 2.27. The Kier molecular flexibility index (Phi) is 4.75. The quantitative estimate of drug-likeness (QED) is 0.516. The molecule has 1 heterocycles. The Morgan fingerprint density at radius 2 is 1.57 bits per heavy atom. The molecule has 4 rings (SSSR count). The SMILES string of the molecule is Cc1ccc(S(=O)(=O)NC(c2ccccc2F)c2c[nH]c3ccccc23)cc1. The molecule has 0 aliphatic rings. The van der Waals surface area contributed by atoms with Gasteiger partial charge in [0.1, 0.15) is 5.82 Å². The van der Waals surface area contributed by atoms with Gasteiger partial charge in [-0.1, -0.05) is 54.1 Å². The van der Waals surface area contributed by atoms with Crippen LogP contribution in [0.15, 0.2) is 83.9 Å². The summed E-state index contributed by atoms with van der Waals surface area (Å²) in [6, 6.07) is 19.4. The molecule has 0 saturated carbocycles. The van der Waals surface area contributed by atoms with E-state index < -0.39 is 21.9 Å². The molecule has 6 heteroatoms. The number of fused-ring (bicyclic) bond motifs is 1. The highest BCUT2D eigenvalue weighted by Crippen LogP contribution is 2.31. The fraction of sp³-hybridized carbons (Fsp3) is 0.0909. The molecule has 0 aliphatic carbocycles. The van der Waals surface area contributed by atoms with E-state index in [1.165, 1.54) is 6.07 Å². The Hall–Kier alpha value is -2.96. The van der Waals surface area contributed by atoms with Crippen molar-refractivity contribution in [2.24, 2.45) is 0 Å². The van der Waals surface area contributed by atoms with Crippen LogP contribution in [-0.4, -0.2) is 13.4 Å². The molecule has 28 heavy (non-hydrogen) atoms. The average molecular weight is 394 g/mol. The fourth-order valence-electron chi connectivity index (χ4n) is 3.28. The molecule has 3 aromatic carbocycles. The van der Waals surface area contributed by atoms with E-state index in [-0.39, 0.29) is 10.5 Å². The molecule has 1 unspecified atom stereocenters. The van der Waals surface area contributed by atoms with Crippen LogP contribution in [0, 0.1) is 12.7 Å². The summed E-state index contributed by atoms with van der Waals surface area (Å²) in [5.74, 6) is -0.468. The van der Waals surface area contributed by atoms with E-state index in [4.69, 9.17) is 0 Å². The number of benzene rings is 3. The lowest BCUT2D eigenvalue weighted by Gasteiger charge is -2.20. The summed E-state index contributed by atoms with van der Waals surface area (Å²) in [6.07, 6.45) is 1.72. The fourth-order valence-corrected chi connectivity index (χ4v) is 4.47. The van der Waals surface area contributed by atoms with E-state index in [9.17, 15) is 12.8 Å². The number of hydrogen-bond donors (Lipinski definition) is 2. The summed E-state index contributed by atoms with van der Waals surface area (Å²) in [5.41, 5.74) is 2.74. The van der Waals surface area contributed by atoms with Crippen LogP contribution in [0.5, 0.6) is 0 Å². The average Bonchev–Trinajstić information content (AvgIpc) is 3.11. The first-order valence-electron chi connectivity index (χ1n) is 8.85. The minimum absolute atomic E-state index is 0.138. The lowest BCUT2D eigenvalue weighted by molar-refractivity contribution is 0.559. The third kappa shape index (κ3) is 3.44. The summed E-state index contributed by atoms with van der Waals surface area (Å²) in [4.78, 5) is 3.27. The number of rotatable bonds is 5. The van der Waals surface area contributed by atoms with Gasteiger partial charge in [0, 0.05) is 22.7 Å². The number of para-hydroxylation sites is 1. The van der Waals surface area contributed by atoms with E-state index in [1.807, 2.05) is 31.2 Å². The summed E-state index contributed by atoms with van der Waals surface area (Å²) in [6.45, 7) is 1.89. The predicted molar refractivity (Wildman–Crippen MR) is 108 cm³/mol. The first-order chi connectivity index (χ1) is 13.5. The summed E-state index contributed by atoms with van der Waals surface area (Å²) >= 11 is 0. The first kappa shape index (κ1) is 18.4. The Labute approximate surface area is 163 Å². The van der Waals surface area contributed by atoms with E-state index in [1.54, 1.807) is 48.7 Å². The molecular formula is C22H19FN2O2S. The number of sulfonamides is 1. The normalized spacial score (nSPS) is 12.9. The van der Waals surface area contributed by atoms with Crippen molar-refractivity contribution >= 4 is 20.9 Å². The maximum Gasteiger partial charge on any atom is 0.241 e. The second kappa shape index (κ2) is 7.22. The molecule has 1 aromatic heterocycles. The van der Waals surface area contributed by atoms with Crippen molar-refractivity contribution in [2.75, 3.05) is 0 Å². The smallest absolute Gasteiger partial charge is 0.241 e. The van der Waals surface area contributed by atoms with Gasteiger partial charge in [0.15, 0.2) is 0 Å². The van der Waals surface area contributed by atoms with Gasteiger partial charge < -0.3 is 4.98 Å². The highest BCUT2D eigenvalue weighted by molar-refractivity contribution is 7.89. The number of halogens is 1. The Morgan fingerprint density at radius 1 is 0.893 bits per heavy atom. The van der Waals surface area contributed by atoms with Gasteiger partial charge >= 0.3 is 0 Å². The second-order valence-corrected chi connectivity index (χ2v) is 8.39. The maximum atomic E-state index is 14.6. The van der Waals surface area contributed by atoms with Crippen LogP contribution in [0.4, 0.5) is 4.39 Å². The van der Waals surface area contributed by atoms with E-state index >= 15 is 0 Å². The van der Waals surface area contributed by atoms with Gasteiger partial charge in [-0.05, 0) is 36.8 Å². The van der Waals surface area contributed by atoms with E-state index in [0.717, 1.165) is 16.5 Å². The highest BCUT2D eigenvalue weighted by atomic mass is 32.2. The minimum Gasteiger partial charge on any atom is -0.361 e. The molecule has 0 radical (unpaired) electrons. The van der Waals surface area contributed by atoms with Crippen LogP contribution in [-0.2, 0) is 10.0 Å². The number of hydrogen-bond acceptors (Lipinski definition) is 2. The molecule has 0 fully saturated rings. The zero-order valence-electron chi connectivity index (χ0n) is 15.2. The van der Waals surface area contributed by atoms with Crippen LogP contribution in [0.3, 0.4) is 0 Å². The van der Waals surface area contributed by atoms with Crippen molar-refractivity contribution in [1.82, 2.24) is 9.71 Å². The number of aromatic amines is 1. The minimum atomic E-state index is -3.87. The lowest BCUT2D eigenvalue weighted by Crippen LogP contribution is -2.30. The van der Waals surface area contributed by atoms with Gasteiger partial charge in [-0.15, -0.1) is 0 Å². The van der Waals surface area contributed by atoms with Crippen LogP contribution in [0.2, 0.25) is 0 Å². The third-order valence-electron chi connectivity index (χ3n) is 4.75. The van der Waals surface area contributed by atoms with Crippen molar-refractivity contribution in [3.05, 3.63) is 102 Å². The molecule has 0 amide bonds. The number of aryl methyl sites for hydroxylation is 1. The standard InChI is InChI=1S/C22H19FN2O2S/c1-15-10-12-16(13-11-15)28(26,27)25-22(18-7-2-4-8-20(18)23)19-14-24-21-9-5-3-6-17(19)21/h2-14,22,24-25H,1H3. The van der Waals surface area contributed by atoms with Crippen LogP contribution < -0.4 is 4.72 Å². The zero-order valence-corrected chi connectivity index (χ0v) is 16.0.